The van der Waals surface area contributed by atoms with Gasteiger partial charge in [0.25, 0.3) is 0 Å². The van der Waals surface area contributed by atoms with Gasteiger partial charge in [-0.2, -0.15) is 5.10 Å². The molecule has 1 aromatic heterocycles. The molecule has 0 saturated carbocycles. The molecule has 29 heavy (non-hydrogen) atoms. The molecule has 147 valence electrons. The Labute approximate surface area is 176 Å². The van der Waals surface area contributed by atoms with E-state index in [1.54, 1.807) is 6.07 Å². The van der Waals surface area contributed by atoms with E-state index in [-0.39, 0.29) is 45.7 Å². The van der Waals surface area contributed by atoms with Crippen molar-refractivity contribution in [2.75, 3.05) is 0 Å². The van der Waals surface area contributed by atoms with Crippen LogP contribution in [-0.4, -0.2) is 28.7 Å². The number of nitrogens with zero attached hydrogens (tertiary/aromatic N) is 4. The summed E-state index contributed by atoms with van der Waals surface area (Å²) < 4.78 is 33.9. The van der Waals surface area contributed by atoms with Gasteiger partial charge in [0.1, 0.15) is 15.8 Å². The van der Waals surface area contributed by atoms with E-state index in [2.05, 4.69) is 15.3 Å². The molecule has 0 saturated heterocycles. The number of rotatable bonds is 5. The fraction of sp³-hybridized carbons (Fsp3) is 0.0588. The summed E-state index contributed by atoms with van der Waals surface area (Å²) in [5.74, 6) is -2.08. The minimum atomic E-state index is -4.61. The van der Waals surface area contributed by atoms with Gasteiger partial charge in [-0.3, -0.25) is 0 Å². The van der Waals surface area contributed by atoms with Gasteiger partial charge in [-0.15, -0.1) is 10.2 Å². The quantitative estimate of drug-likeness (QED) is 0.411. The van der Waals surface area contributed by atoms with E-state index < -0.39 is 26.9 Å². The van der Waals surface area contributed by atoms with Crippen molar-refractivity contribution >= 4 is 27.5 Å². The summed E-state index contributed by atoms with van der Waals surface area (Å²) in [6.07, 6.45) is 0. The zero-order valence-electron chi connectivity index (χ0n) is 14.7. The largest absolute Gasteiger partial charge is 3.00 e. The van der Waals surface area contributed by atoms with Crippen molar-refractivity contribution in [3.8, 4) is 11.6 Å². The molecule has 0 spiro atoms. The van der Waals surface area contributed by atoms with Crippen molar-refractivity contribution in [3.63, 3.8) is 0 Å². The standard InChI is InChI=1S/C17H14N4O6S.Cr/c1-10-15(19-18-14-5-3-2-4-13(14)17(23)24)16(22)21(20-10)11-6-8-12(9-7-11)28(25,26)27;/h2-9,22H,1H3,(H,23,24)(H,25,26,27);/q;+3/p-3. The molecule has 0 atom stereocenters. The molecule has 0 N–H and O–H groups in total. The molecule has 0 fully saturated rings. The van der Waals surface area contributed by atoms with Crippen molar-refractivity contribution in [2.24, 2.45) is 10.2 Å². The van der Waals surface area contributed by atoms with E-state index in [1.807, 2.05) is 0 Å². The van der Waals surface area contributed by atoms with Crippen LogP contribution in [0.4, 0.5) is 11.4 Å². The number of carbonyl (C=O) groups excluding carboxylic acids is 1. The zero-order chi connectivity index (χ0) is 20.5. The SMILES string of the molecule is Cc1nn(-c2ccc(S(=O)(=O)[O-])cc2)c([O-])c1N=Nc1ccccc1C(=O)[O-].[Cr+3]. The second kappa shape index (κ2) is 8.54. The van der Waals surface area contributed by atoms with E-state index in [0.29, 0.717) is 0 Å². The van der Waals surface area contributed by atoms with E-state index in [4.69, 9.17) is 0 Å². The van der Waals surface area contributed by atoms with Crippen LogP contribution >= 0.6 is 0 Å². The molecule has 0 amide bonds. The predicted octanol–water partition coefficient (Wildman–Crippen LogP) is 0.935. The van der Waals surface area contributed by atoms with Gasteiger partial charge in [0.05, 0.1) is 27.9 Å². The summed E-state index contributed by atoms with van der Waals surface area (Å²) in [6, 6.07) is 10.4. The van der Waals surface area contributed by atoms with Crippen LogP contribution in [0.1, 0.15) is 16.1 Å². The molecule has 12 heteroatoms. The Morgan fingerprint density at radius 2 is 1.69 bits per heavy atom. The number of aryl methyl sites for hydroxylation is 1. The average Bonchev–Trinajstić information content (AvgIpc) is 2.93. The Balaban J connectivity index is 0.00000300. The molecule has 0 aliphatic carbocycles. The van der Waals surface area contributed by atoms with Gasteiger partial charge in [-0.05, 0) is 37.3 Å². The first-order chi connectivity index (χ1) is 13.2. The van der Waals surface area contributed by atoms with Gasteiger partial charge in [-0.25, -0.2) is 13.1 Å². The fourth-order valence-corrected chi connectivity index (χ4v) is 2.85. The number of hydrogen-bond acceptors (Lipinski definition) is 9. The number of hydrogen-bond donors (Lipinski definition) is 0. The van der Waals surface area contributed by atoms with Crippen LogP contribution in [-0.2, 0) is 27.5 Å². The monoisotopic (exact) mass is 451 g/mol. The summed E-state index contributed by atoms with van der Waals surface area (Å²) in [5, 5.41) is 35.3. The van der Waals surface area contributed by atoms with Crippen molar-refractivity contribution in [1.29, 1.82) is 0 Å². The van der Waals surface area contributed by atoms with Crippen LogP contribution in [0.25, 0.3) is 5.69 Å². The third-order valence-corrected chi connectivity index (χ3v) is 4.59. The Hall–Kier alpha value is -3.04. The van der Waals surface area contributed by atoms with Crippen molar-refractivity contribution in [1.82, 2.24) is 9.78 Å². The van der Waals surface area contributed by atoms with Crippen LogP contribution < -0.4 is 10.2 Å². The smallest absolute Gasteiger partial charge is 0.857 e. The van der Waals surface area contributed by atoms with E-state index >= 15 is 0 Å². The van der Waals surface area contributed by atoms with Crippen LogP contribution in [0.2, 0.25) is 0 Å². The first-order valence-corrected chi connectivity index (χ1v) is 9.14. The third kappa shape index (κ3) is 4.69. The number of aromatic carboxylic acids is 1. The summed E-state index contributed by atoms with van der Waals surface area (Å²) >= 11 is 0. The minimum Gasteiger partial charge on any atom is -0.857 e. The molecule has 0 bridgehead atoms. The van der Waals surface area contributed by atoms with Crippen LogP contribution in [0.3, 0.4) is 0 Å². The van der Waals surface area contributed by atoms with Gasteiger partial charge in [0.2, 0.25) is 0 Å². The summed E-state index contributed by atoms with van der Waals surface area (Å²) in [4.78, 5) is 10.7. The van der Waals surface area contributed by atoms with Crippen molar-refractivity contribution in [2.45, 2.75) is 11.8 Å². The summed E-state index contributed by atoms with van der Waals surface area (Å²) in [7, 11) is -4.61. The molecule has 1 radical (unpaired) electrons. The maximum Gasteiger partial charge on any atom is 3.00 e. The number of carbonyl (C=O) groups is 1. The first kappa shape index (κ1) is 22.3. The number of azo groups is 1. The van der Waals surface area contributed by atoms with Gasteiger partial charge in [0.15, 0.2) is 0 Å². The maximum absolute atomic E-state index is 12.6. The van der Waals surface area contributed by atoms with Crippen molar-refractivity contribution in [3.05, 3.63) is 59.8 Å². The molecule has 0 unspecified atom stereocenters. The summed E-state index contributed by atoms with van der Waals surface area (Å²) in [5.41, 5.74) is 0.156. The van der Waals surface area contributed by atoms with Crippen LogP contribution in [0.5, 0.6) is 5.88 Å². The molecular weight excluding hydrogens is 440 g/mol. The molecule has 2 aromatic carbocycles. The molecule has 0 aliphatic heterocycles. The van der Waals surface area contributed by atoms with Gasteiger partial charge in [0, 0.05) is 11.4 Å². The van der Waals surface area contributed by atoms with Crippen LogP contribution in [0.15, 0.2) is 63.7 Å². The second-order valence-corrected chi connectivity index (χ2v) is 6.98. The molecule has 10 nitrogen and oxygen atoms in total. The van der Waals surface area contributed by atoms with E-state index in [9.17, 15) is 28.0 Å². The number of carboxylic acid groups (broad SMARTS) is 1. The average molecular weight is 451 g/mol. The Bertz CT molecular complexity index is 1190. The van der Waals surface area contributed by atoms with Crippen LogP contribution in [0, 0.1) is 6.92 Å². The third-order valence-electron chi connectivity index (χ3n) is 3.74. The first-order valence-electron chi connectivity index (χ1n) is 7.73. The number of aromatic nitrogens is 2. The van der Waals surface area contributed by atoms with Gasteiger partial charge < -0.3 is 19.6 Å². The topological polar surface area (TPSA) is 163 Å². The Kier molecular flexibility index (Phi) is 6.56. The van der Waals surface area contributed by atoms with Crippen molar-refractivity contribution < 1.29 is 45.3 Å². The summed E-state index contributed by atoms with van der Waals surface area (Å²) in [6.45, 7) is 1.51. The molecule has 3 rings (SSSR count). The number of carboxylic acids is 1. The second-order valence-electron chi connectivity index (χ2n) is 5.60. The minimum absolute atomic E-state index is 0. The fourth-order valence-electron chi connectivity index (χ4n) is 2.38. The predicted molar refractivity (Wildman–Crippen MR) is 90.7 cm³/mol. The maximum atomic E-state index is 12.6. The molecular formula is C17H11CrN4O6S. The normalized spacial score (nSPS) is 11.4. The van der Waals surface area contributed by atoms with E-state index in [0.717, 1.165) is 16.8 Å². The Morgan fingerprint density at radius 1 is 1.07 bits per heavy atom. The van der Waals surface area contributed by atoms with Gasteiger partial charge in [-0.1, -0.05) is 18.2 Å². The number of benzene rings is 2. The van der Waals surface area contributed by atoms with E-state index in [1.165, 1.54) is 37.3 Å². The zero-order valence-corrected chi connectivity index (χ0v) is 16.8. The molecule has 1 heterocycles. The van der Waals surface area contributed by atoms with Gasteiger partial charge >= 0.3 is 17.4 Å². The Morgan fingerprint density at radius 3 is 2.28 bits per heavy atom. The molecule has 3 aromatic rings. The molecule has 0 aliphatic rings.